The van der Waals surface area contributed by atoms with Crippen LogP contribution in [0.2, 0.25) is 0 Å². The molecular weight excluding hydrogens is 276 g/mol. The fourth-order valence-corrected chi connectivity index (χ4v) is 1.81. The van der Waals surface area contributed by atoms with Crippen molar-refractivity contribution in [2.75, 3.05) is 20.3 Å². The second-order valence-corrected chi connectivity index (χ2v) is 4.52. The fourth-order valence-electron chi connectivity index (χ4n) is 1.81. The first-order valence-corrected chi connectivity index (χ1v) is 6.69. The second kappa shape index (κ2) is 8.21. The molecule has 1 aromatic carbocycles. The molecule has 7 nitrogen and oxygen atoms in total. The molecule has 7 heteroatoms. The summed E-state index contributed by atoms with van der Waals surface area (Å²) in [6, 6.07) is 4.02. The maximum atomic E-state index is 11.6. The number of hydrogen-bond donors (Lipinski definition) is 1. The predicted octanol–water partition coefficient (Wildman–Crippen LogP) is 1.82. The van der Waals surface area contributed by atoms with Crippen LogP contribution in [0.5, 0.6) is 5.75 Å². The number of hydrogen-bond acceptors (Lipinski definition) is 6. The summed E-state index contributed by atoms with van der Waals surface area (Å²) >= 11 is 0. The van der Waals surface area contributed by atoms with Gasteiger partial charge < -0.3 is 14.8 Å². The standard InChI is InChI=1S/C14H20N2O5/c1-4-8-15-11(14(17)20-3)9-21-13-10(2)6-5-7-12(13)16(18)19/h5-7,11,15H,4,8-9H2,1-3H3. The Hall–Kier alpha value is -2.15. The van der Waals surface area contributed by atoms with Gasteiger partial charge in [-0.1, -0.05) is 19.1 Å². The Morgan fingerprint density at radius 3 is 2.76 bits per heavy atom. The number of nitro groups is 1. The zero-order chi connectivity index (χ0) is 15.8. The SMILES string of the molecule is CCCNC(COc1c(C)cccc1[N+](=O)[O-])C(=O)OC. The third kappa shape index (κ3) is 4.71. The van der Waals surface area contributed by atoms with Crippen LogP contribution in [-0.4, -0.2) is 37.2 Å². The van der Waals surface area contributed by atoms with E-state index >= 15 is 0 Å². The molecule has 1 atom stereocenters. The molecule has 0 fully saturated rings. The highest BCUT2D eigenvalue weighted by atomic mass is 16.6. The minimum atomic E-state index is -0.658. The van der Waals surface area contributed by atoms with E-state index in [1.54, 1.807) is 19.1 Å². The molecule has 116 valence electrons. The quantitative estimate of drug-likeness (QED) is 0.447. The molecule has 0 aromatic heterocycles. The third-order valence-electron chi connectivity index (χ3n) is 2.91. The van der Waals surface area contributed by atoms with Gasteiger partial charge in [-0.05, 0) is 25.5 Å². The second-order valence-electron chi connectivity index (χ2n) is 4.52. The van der Waals surface area contributed by atoms with Gasteiger partial charge in [-0.2, -0.15) is 0 Å². The number of carbonyl (C=O) groups is 1. The number of carbonyl (C=O) groups excluding carboxylic acids is 1. The number of nitrogens with zero attached hydrogens (tertiary/aromatic N) is 1. The van der Waals surface area contributed by atoms with Gasteiger partial charge in [0.05, 0.1) is 12.0 Å². The first-order chi connectivity index (χ1) is 10.0. The van der Waals surface area contributed by atoms with Gasteiger partial charge in [-0.25, -0.2) is 0 Å². The molecule has 0 aliphatic carbocycles. The van der Waals surface area contributed by atoms with Crippen LogP contribution in [0.15, 0.2) is 18.2 Å². The third-order valence-corrected chi connectivity index (χ3v) is 2.91. The van der Waals surface area contributed by atoms with E-state index in [0.29, 0.717) is 12.1 Å². The summed E-state index contributed by atoms with van der Waals surface area (Å²) in [6.45, 7) is 4.28. The van der Waals surface area contributed by atoms with Crippen LogP contribution < -0.4 is 10.1 Å². The maximum absolute atomic E-state index is 11.6. The summed E-state index contributed by atoms with van der Waals surface area (Å²) in [7, 11) is 1.29. The largest absolute Gasteiger partial charge is 0.484 e. The minimum Gasteiger partial charge on any atom is -0.484 e. The lowest BCUT2D eigenvalue weighted by Crippen LogP contribution is -2.42. The number of nitro benzene ring substituents is 1. The number of rotatable bonds is 8. The zero-order valence-corrected chi connectivity index (χ0v) is 12.4. The molecule has 0 aliphatic heterocycles. The normalized spacial score (nSPS) is 11.8. The van der Waals surface area contributed by atoms with E-state index < -0.39 is 16.9 Å². The van der Waals surface area contributed by atoms with Gasteiger partial charge in [0.2, 0.25) is 0 Å². The molecule has 0 saturated heterocycles. The zero-order valence-electron chi connectivity index (χ0n) is 12.4. The van der Waals surface area contributed by atoms with Gasteiger partial charge >= 0.3 is 11.7 Å². The summed E-state index contributed by atoms with van der Waals surface area (Å²) in [5, 5.41) is 14.0. The Labute approximate surface area is 123 Å². The summed E-state index contributed by atoms with van der Waals surface area (Å²) in [4.78, 5) is 22.1. The Morgan fingerprint density at radius 1 is 1.48 bits per heavy atom. The van der Waals surface area contributed by atoms with Crippen LogP contribution in [0.3, 0.4) is 0 Å². The van der Waals surface area contributed by atoms with Crippen molar-refractivity contribution in [3.05, 3.63) is 33.9 Å². The molecule has 1 unspecified atom stereocenters. The van der Waals surface area contributed by atoms with Crippen molar-refractivity contribution in [1.29, 1.82) is 0 Å². The molecule has 0 spiro atoms. The number of ether oxygens (including phenoxy) is 2. The van der Waals surface area contributed by atoms with Crippen LogP contribution in [0.4, 0.5) is 5.69 Å². The highest BCUT2D eigenvalue weighted by Crippen LogP contribution is 2.30. The average Bonchev–Trinajstić information content (AvgIpc) is 2.47. The number of methoxy groups -OCH3 is 1. The van der Waals surface area contributed by atoms with Crippen LogP contribution in [-0.2, 0) is 9.53 Å². The Kier molecular flexibility index (Phi) is 6.61. The summed E-state index contributed by atoms with van der Waals surface area (Å²) in [5.41, 5.74) is 0.525. The number of para-hydroxylation sites is 1. The molecular formula is C14H20N2O5. The van der Waals surface area contributed by atoms with Crippen LogP contribution in [0.1, 0.15) is 18.9 Å². The monoisotopic (exact) mass is 296 g/mol. The van der Waals surface area contributed by atoms with E-state index in [4.69, 9.17) is 9.47 Å². The van der Waals surface area contributed by atoms with Gasteiger partial charge in [-0.15, -0.1) is 0 Å². The molecule has 1 N–H and O–H groups in total. The van der Waals surface area contributed by atoms with E-state index in [9.17, 15) is 14.9 Å². The van der Waals surface area contributed by atoms with Gasteiger partial charge in [-0.3, -0.25) is 14.9 Å². The molecule has 0 bridgehead atoms. The van der Waals surface area contributed by atoms with Gasteiger partial charge in [0.15, 0.2) is 5.75 Å². The van der Waals surface area contributed by atoms with Crippen molar-refractivity contribution >= 4 is 11.7 Å². The van der Waals surface area contributed by atoms with Crippen molar-refractivity contribution in [1.82, 2.24) is 5.32 Å². The van der Waals surface area contributed by atoms with E-state index in [1.165, 1.54) is 13.2 Å². The number of esters is 1. The van der Waals surface area contributed by atoms with Crippen molar-refractivity contribution in [2.24, 2.45) is 0 Å². The number of benzene rings is 1. The number of nitrogens with one attached hydrogen (secondary N) is 1. The van der Waals surface area contributed by atoms with Crippen molar-refractivity contribution < 1.29 is 19.2 Å². The average molecular weight is 296 g/mol. The first kappa shape index (κ1) is 16.9. The van der Waals surface area contributed by atoms with E-state index in [1.807, 2.05) is 6.92 Å². The van der Waals surface area contributed by atoms with Gasteiger partial charge in [0.25, 0.3) is 0 Å². The van der Waals surface area contributed by atoms with E-state index in [0.717, 1.165) is 6.42 Å². The van der Waals surface area contributed by atoms with Crippen molar-refractivity contribution in [3.63, 3.8) is 0 Å². The molecule has 0 aliphatic rings. The Balaban J connectivity index is 2.84. The lowest BCUT2D eigenvalue weighted by molar-refractivity contribution is -0.385. The summed E-state index contributed by atoms with van der Waals surface area (Å²) in [5.74, 6) is -0.283. The molecule has 21 heavy (non-hydrogen) atoms. The smallest absolute Gasteiger partial charge is 0.326 e. The van der Waals surface area contributed by atoms with Gasteiger partial charge in [0, 0.05) is 6.07 Å². The molecule has 1 rings (SSSR count). The predicted molar refractivity (Wildman–Crippen MR) is 77.4 cm³/mol. The maximum Gasteiger partial charge on any atom is 0.326 e. The Bertz CT molecular complexity index is 504. The first-order valence-electron chi connectivity index (χ1n) is 6.69. The highest BCUT2D eigenvalue weighted by Gasteiger charge is 2.22. The molecule has 1 aromatic rings. The van der Waals surface area contributed by atoms with Crippen molar-refractivity contribution in [3.8, 4) is 5.75 Å². The molecule has 0 radical (unpaired) electrons. The minimum absolute atomic E-state index is 0.0294. The fraction of sp³-hybridized carbons (Fsp3) is 0.500. The Morgan fingerprint density at radius 2 is 2.19 bits per heavy atom. The molecule has 0 saturated carbocycles. The highest BCUT2D eigenvalue weighted by molar-refractivity contribution is 5.75. The van der Waals surface area contributed by atoms with E-state index in [-0.39, 0.29) is 18.0 Å². The lowest BCUT2D eigenvalue weighted by atomic mass is 10.2. The van der Waals surface area contributed by atoms with Crippen LogP contribution >= 0.6 is 0 Å². The van der Waals surface area contributed by atoms with Crippen LogP contribution in [0, 0.1) is 17.0 Å². The van der Waals surface area contributed by atoms with Gasteiger partial charge in [0.1, 0.15) is 12.6 Å². The molecule has 0 heterocycles. The lowest BCUT2D eigenvalue weighted by Gasteiger charge is -2.17. The summed E-state index contributed by atoms with van der Waals surface area (Å²) in [6.07, 6.45) is 0.845. The summed E-state index contributed by atoms with van der Waals surface area (Å²) < 4.78 is 10.2. The van der Waals surface area contributed by atoms with Crippen LogP contribution in [0.25, 0.3) is 0 Å². The molecule has 0 amide bonds. The van der Waals surface area contributed by atoms with Crippen molar-refractivity contribution in [2.45, 2.75) is 26.3 Å². The van der Waals surface area contributed by atoms with E-state index in [2.05, 4.69) is 5.32 Å². The topological polar surface area (TPSA) is 90.7 Å². The number of aryl methyl sites for hydroxylation is 1.